The molecular weight excluding hydrogens is 342 g/mol. The first-order valence-electron chi connectivity index (χ1n) is 8.50. The predicted octanol–water partition coefficient (Wildman–Crippen LogP) is 3.47. The molecule has 2 aromatic heterocycles. The fourth-order valence-corrected chi connectivity index (χ4v) is 5.60. The van der Waals surface area contributed by atoms with E-state index in [0.717, 1.165) is 23.3 Å². The highest BCUT2D eigenvalue weighted by Gasteiger charge is 2.30. The van der Waals surface area contributed by atoms with E-state index in [4.69, 9.17) is 4.74 Å². The monoisotopic (exact) mass is 363 g/mol. The first-order chi connectivity index (χ1) is 11.7. The molecule has 1 aliphatic heterocycles. The highest BCUT2D eigenvalue weighted by atomic mass is 32.2. The van der Waals surface area contributed by atoms with E-state index >= 15 is 0 Å². The van der Waals surface area contributed by atoms with Gasteiger partial charge in [0.15, 0.2) is 11.0 Å². The molecule has 0 spiro atoms. The van der Waals surface area contributed by atoms with Gasteiger partial charge in [0.05, 0.1) is 11.5 Å². The molecule has 0 radical (unpaired) electrons. The minimum Gasteiger partial charge on any atom is -0.465 e. The molecule has 128 valence electrons. The van der Waals surface area contributed by atoms with E-state index in [1.807, 2.05) is 23.0 Å². The van der Waals surface area contributed by atoms with Crippen LogP contribution in [0.4, 0.5) is 0 Å². The lowest BCUT2D eigenvalue weighted by Gasteiger charge is -2.19. The number of hydrogen-bond acceptors (Lipinski definition) is 6. The maximum atomic E-state index is 11.7. The Morgan fingerprint density at radius 3 is 3.04 bits per heavy atom. The molecule has 5 nitrogen and oxygen atoms in total. The van der Waals surface area contributed by atoms with E-state index in [1.165, 1.54) is 52.8 Å². The third-order valence-electron chi connectivity index (χ3n) is 4.95. The molecule has 24 heavy (non-hydrogen) atoms. The Kier molecular flexibility index (Phi) is 4.39. The first kappa shape index (κ1) is 16.1. The minimum atomic E-state index is -0.150. The Bertz CT molecular complexity index is 768. The second-order valence-electron chi connectivity index (χ2n) is 6.50. The van der Waals surface area contributed by atoms with Crippen LogP contribution in [0.5, 0.6) is 0 Å². The zero-order valence-corrected chi connectivity index (χ0v) is 15.6. The first-order valence-corrected chi connectivity index (χ1v) is 10.2. The van der Waals surface area contributed by atoms with Gasteiger partial charge in [0.25, 0.3) is 0 Å². The number of carbonyl (C=O) groups is 1. The molecule has 0 amide bonds. The van der Waals surface area contributed by atoms with E-state index in [2.05, 4.69) is 23.2 Å². The average molecular weight is 364 g/mol. The number of nitrogens with zero attached hydrogens (tertiary/aromatic N) is 3. The van der Waals surface area contributed by atoms with E-state index < -0.39 is 0 Å². The molecule has 2 aliphatic rings. The third kappa shape index (κ3) is 2.88. The SMILES string of the molecule is CC[C@H]1CCc2sc(-c3nnc(S[C@@H]4CCOC4=O)n3C)cc2C1. The van der Waals surface area contributed by atoms with Gasteiger partial charge in [-0.15, -0.1) is 21.5 Å². The summed E-state index contributed by atoms with van der Waals surface area (Å²) < 4.78 is 7.03. The molecule has 1 aliphatic carbocycles. The Morgan fingerprint density at radius 1 is 1.42 bits per heavy atom. The summed E-state index contributed by atoms with van der Waals surface area (Å²) in [6.07, 6.45) is 5.68. The van der Waals surface area contributed by atoms with Gasteiger partial charge >= 0.3 is 5.97 Å². The molecule has 0 saturated carbocycles. The maximum Gasteiger partial charge on any atom is 0.319 e. The number of esters is 1. The maximum absolute atomic E-state index is 11.7. The molecule has 4 rings (SSSR count). The molecule has 3 heterocycles. The van der Waals surface area contributed by atoms with Crippen molar-refractivity contribution in [3.63, 3.8) is 0 Å². The number of hydrogen-bond donors (Lipinski definition) is 0. The van der Waals surface area contributed by atoms with Crippen molar-refractivity contribution in [2.75, 3.05) is 6.61 Å². The summed E-state index contributed by atoms with van der Waals surface area (Å²) in [4.78, 5) is 14.4. The number of aryl methyl sites for hydroxylation is 1. The Morgan fingerprint density at radius 2 is 2.29 bits per heavy atom. The third-order valence-corrected chi connectivity index (χ3v) is 7.46. The lowest BCUT2D eigenvalue weighted by atomic mass is 9.87. The van der Waals surface area contributed by atoms with Crippen LogP contribution >= 0.6 is 23.1 Å². The average Bonchev–Trinajstić information content (AvgIpc) is 3.27. The second kappa shape index (κ2) is 6.52. The number of fused-ring (bicyclic) bond motifs is 1. The van der Waals surface area contributed by atoms with Gasteiger partial charge in [0.2, 0.25) is 0 Å². The number of carbonyl (C=O) groups excluding carboxylic acids is 1. The van der Waals surface area contributed by atoms with Crippen LogP contribution in [-0.4, -0.2) is 32.6 Å². The molecular formula is C17H21N3O2S2. The van der Waals surface area contributed by atoms with Crippen molar-refractivity contribution < 1.29 is 9.53 Å². The number of thioether (sulfide) groups is 1. The molecule has 0 bridgehead atoms. The van der Waals surface area contributed by atoms with Crippen LogP contribution in [0.25, 0.3) is 10.7 Å². The van der Waals surface area contributed by atoms with Crippen LogP contribution in [0.1, 0.15) is 36.6 Å². The van der Waals surface area contributed by atoms with Crippen LogP contribution in [-0.2, 0) is 29.4 Å². The molecule has 0 N–H and O–H groups in total. The highest BCUT2D eigenvalue weighted by Crippen LogP contribution is 2.38. The normalized spacial score (nSPS) is 23.3. The van der Waals surface area contributed by atoms with E-state index in [9.17, 15) is 4.79 Å². The van der Waals surface area contributed by atoms with Crippen LogP contribution in [0.2, 0.25) is 0 Å². The molecule has 0 unspecified atom stereocenters. The lowest BCUT2D eigenvalue weighted by molar-refractivity contribution is -0.137. The van der Waals surface area contributed by atoms with Gasteiger partial charge in [0, 0.05) is 18.3 Å². The van der Waals surface area contributed by atoms with Gasteiger partial charge in [-0.05, 0) is 36.8 Å². The van der Waals surface area contributed by atoms with Crippen molar-refractivity contribution in [2.24, 2.45) is 13.0 Å². The highest BCUT2D eigenvalue weighted by molar-refractivity contribution is 8.00. The van der Waals surface area contributed by atoms with Crippen molar-refractivity contribution in [3.05, 3.63) is 16.5 Å². The zero-order chi connectivity index (χ0) is 16.7. The van der Waals surface area contributed by atoms with Crippen molar-refractivity contribution in [2.45, 2.75) is 49.4 Å². The molecule has 2 aromatic rings. The largest absolute Gasteiger partial charge is 0.465 e. The van der Waals surface area contributed by atoms with E-state index in [1.54, 1.807) is 0 Å². The van der Waals surface area contributed by atoms with Crippen LogP contribution in [0.15, 0.2) is 11.2 Å². The number of rotatable bonds is 4. The number of ether oxygens (including phenoxy) is 1. The van der Waals surface area contributed by atoms with Crippen molar-refractivity contribution in [3.8, 4) is 10.7 Å². The number of aromatic nitrogens is 3. The van der Waals surface area contributed by atoms with Crippen molar-refractivity contribution in [1.82, 2.24) is 14.8 Å². The summed E-state index contributed by atoms with van der Waals surface area (Å²) in [6.45, 7) is 2.79. The number of cyclic esters (lactones) is 1. The fraction of sp³-hybridized carbons (Fsp3) is 0.588. The summed E-state index contributed by atoms with van der Waals surface area (Å²) in [5.41, 5.74) is 1.49. The van der Waals surface area contributed by atoms with Crippen LogP contribution in [0, 0.1) is 5.92 Å². The summed E-state index contributed by atoms with van der Waals surface area (Å²) in [5.74, 6) is 1.58. The summed E-state index contributed by atoms with van der Waals surface area (Å²) in [5, 5.41) is 9.32. The molecule has 2 atom stereocenters. The summed E-state index contributed by atoms with van der Waals surface area (Å²) in [6, 6.07) is 2.30. The molecule has 7 heteroatoms. The molecule has 1 fully saturated rings. The van der Waals surface area contributed by atoms with Crippen LogP contribution in [0.3, 0.4) is 0 Å². The quantitative estimate of drug-likeness (QED) is 0.779. The standard InChI is InChI=1S/C17H21N3O2S2/c1-3-10-4-5-12-11(8-10)9-14(23-12)15-18-19-17(20(15)2)24-13-6-7-22-16(13)21/h9-10,13H,3-8H2,1-2H3/t10-,13+/m0/s1. The summed E-state index contributed by atoms with van der Waals surface area (Å²) in [7, 11) is 1.98. The predicted molar refractivity (Wildman–Crippen MR) is 95.3 cm³/mol. The zero-order valence-electron chi connectivity index (χ0n) is 13.9. The minimum absolute atomic E-state index is 0.137. The Balaban J connectivity index is 1.57. The topological polar surface area (TPSA) is 57.0 Å². The smallest absolute Gasteiger partial charge is 0.319 e. The van der Waals surface area contributed by atoms with Gasteiger partial charge in [-0.2, -0.15) is 0 Å². The molecule has 0 aromatic carbocycles. The number of thiophene rings is 1. The van der Waals surface area contributed by atoms with Gasteiger partial charge < -0.3 is 9.30 Å². The van der Waals surface area contributed by atoms with E-state index in [0.29, 0.717) is 6.61 Å². The van der Waals surface area contributed by atoms with Crippen molar-refractivity contribution >= 4 is 29.1 Å². The Hall–Kier alpha value is -1.34. The van der Waals surface area contributed by atoms with E-state index in [-0.39, 0.29) is 11.2 Å². The Labute approximate surface area is 149 Å². The van der Waals surface area contributed by atoms with Gasteiger partial charge in [0.1, 0.15) is 5.25 Å². The van der Waals surface area contributed by atoms with Crippen molar-refractivity contribution in [1.29, 1.82) is 0 Å². The van der Waals surface area contributed by atoms with Gasteiger partial charge in [-0.3, -0.25) is 4.79 Å². The molecule has 1 saturated heterocycles. The van der Waals surface area contributed by atoms with Gasteiger partial charge in [-0.25, -0.2) is 0 Å². The van der Waals surface area contributed by atoms with Gasteiger partial charge in [-0.1, -0.05) is 25.1 Å². The second-order valence-corrected chi connectivity index (χ2v) is 8.81. The fourth-order valence-electron chi connectivity index (χ4n) is 3.40. The van der Waals surface area contributed by atoms with Crippen LogP contribution < -0.4 is 0 Å². The lowest BCUT2D eigenvalue weighted by Crippen LogP contribution is -2.10. The summed E-state index contributed by atoms with van der Waals surface area (Å²) >= 11 is 3.31.